The van der Waals surface area contributed by atoms with Crippen LogP contribution in [-0.4, -0.2) is 23.2 Å². The van der Waals surface area contributed by atoms with Crippen molar-refractivity contribution in [1.29, 1.82) is 0 Å². The molecule has 0 radical (unpaired) electrons. The first-order chi connectivity index (χ1) is 12.8. The summed E-state index contributed by atoms with van der Waals surface area (Å²) < 4.78 is 55.2. The number of benzene rings is 1. The maximum Gasteiger partial charge on any atom is 0.269 e. The molecule has 3 aromatic rings. The first-order valence-corrected chi connectivity index (χ1v) is 9.64. The van der Waals surface area contributed by atoms with E-state index in [0.717, 1.165) is 10.0 Å². The average molecular weight is 388 g/mol. The monoisotopic (exact) mass is 388 g/mol. The minimum atomic E-state index is -4.13. The standard InChI is InChI=1S/C19H14F2N2O3S/c1-11-2-4-13(10-22-11)27(25,26)23-17-6-7-19(24)15(17)9-18(23)14-5-3-12(20)8-16(14)21/h2-5,8-10H,6-7H2,1H3. The molecule has 5 nitrogen and oxygen atoms in total. The predicted molar refractivity (Wildman–Crippen MR) is 94.0 cm³/mol. The molecular formula is C19H14F2N2O3S. The molecule has 0 fully saturated rings. The van der Waals surface area contributed by atoms with E-state index in [1.165, 1.54) is 24.4 Å². The minimum absolute atomic E-state index is 0.00822. The lowest BCUT2D eigenvalue weighted by Crippen LogP contribution is -2.17. The molecule has 0 bridgehead atoms. The second kappa shape index (κ2) is 6.09. The molecule has 2 aromatic heterocycles. The van der Waals surface area contributed by atoms with Gasteiger partial charge in [-0.25, -0.2) is 21.2 Å². The molecule has 4 rings (SSSR count). The van der Waals surface area contributed by atoms with Gasteiger partial charge in [-0.15, -0.1) is 0 Å². The average Bonchev–Trinajstić information content (AvgIpc) is 3.15. The smallest absolute Gasteiger partial charge is 0.269 e. The second-order valence-electron chi connectivity index (χ2n) is 6.34. The van der Waals surface area contributed by atoms with Crippen LogP contribution in [0.1, 0.15) is 28.2 Å². The van der Waals surface area contributed by atoms with Gasteiger partial charge in [0, 0.05) is 41.2 Å². The predicted octanol–water partition coefficient (Wildman–Crippen LogP) is 3.50. The SMILES string of the molecule is Cc1ccc(S(=O)(=O)n2c(-c3ccc(F)cc3F)cc3c2CCC3=O)cn1. The topological polar surface area (TPSA) is 69.0 Å². The van der Waals surface area contributed by atoms with Gasteiger partial charge >= 0.3 is 0 Å². The van der Waals surface area contributed by atoms with Crippen LogP contribution in [0.25, 0.3) is 11.3 Å². The Morgan fingerprint density at radius 3 is 2.48 bits per heavy atom. The van der Waals surface area contributed by atoms with Gasteiger partial charge in [-0.3, -0.25) is 9.78 Å². The number of hydrogen-bond donors (Lipinski definition) is 0. The second-order valence-corrected chi connectivity index (χ2v) is 8.13. The van der Waals surface area contributed by atoms with E-state index in [-0.39, 0.29) is 40.3 Å². The number of hydrogen-bond acceptors (Lipinski definition) is 4. The van der Waals surface area contributed by atoms with E-state index in [1.54, 1.807) is 13.0 Å². The third kappa shape index (κ3) is 2.76. The van der Waals surface area contributed by atoms with E-state index >= 15 is 0 Å². The molecule has 0 saturated carbocycles. The largest absolute Gasteiger partial charge is 0.294 e. The van der Waals surface area contributed by atoms with Crippen molar-refractivity contribution in [2.24, 2.45) is 0 Å². The van der Waals surface area contributed by atoms with Crippen molar-refractivity contribution in [3.63, 3.8) is 0 Å². The van der Waals surface area contributed by atoms with Crippen LogP contribution in [-0.2, 0) is 16.4 Å². The van der Waals surface area contributed by atoms with Crippen LogP contribution in [0.5, 0.6) is 0 Å². The van der Waals surface area contributed by atoms with Crippen LogP contribution in [0, 0.1) is 18.6 Å². The van der Waals surface area contributed by atoms with Gasteiger partial charge in [-0.1, -0.05) is 0 Å². The van der Waals surface area contributed by atoms with E-state index in [1.807, 2.05) is 0 Å². The number of ketones is 1. The van der Waals surface area contributed by atoms with E-state index in [4.69, 9.17) is 0 Å². The zero-order valence-electron chi connectivity index (χ0n) is 14.2. The van der Waals surface area contributed by atoms with Crippen molar-refractivity contribution in [1.82, 2.24) is 8.96 Å². The summed E-state index contributed by atoms with van der Waals surface area (Å²) in [6.45, 7) is 1.72. The Balaban J connectivity index is 2.01. The molecule has 27 heavy (non-hydrogen) atoms. The van der Waals surface area contributed by atoms with Gasteiger partial charge in [0.15, 0.2) is 5.78 Å². The zero-order valence-corrected chi connectivity index (χ0v) is 15.1. The maximum absolute atomic E-state index is 14.4. The quantitative estimate of drug-likeness (QED) is 0.689. The number of fused-ring (bicyclic) bond motifs is 1. The molecule has 1 aliphatic rings. The fourth-order valence-electron chi connectivity index (χ4n) is 3.25. The van der Waals surface area contributed by atoms with E-state index in [9.17, 15) is 22.0 Å². The Morgan fingerprint density at radius 2 is 1.81 bits per heavy atom. The Labute approximate surface area is 154 Å². The third-order valence-corrected chi connectivity index (χ3v) is 6.31. The van der Waals surface area contributed by atoms with Crippen LogP contribution in [0.2, 0.25) is 0 Å². The summed E-state index contributed by atoms with van der Waals surface area (Å²) in [7, 11) is -4.13. The number of aryl methyl sites for hydroxylation is 1. The molecule has 138 valence electrons. The van der Waals surface area contributed by atoms with Gasteiger partial charge in [0.05, 0.1) is 5.69 Å². The Hall–Kier alpha value is -2.87. The lowest BCUT2D eigenvalue weighted by molar-refractivity contribution is 0.0994. The van der Waals surface area contributed by atoms with Crippen LogP contribution in [0.4, 0.5) is 8.78 Å². The van der Waals surface area contributed by atoms with Gasteiger partial charge in [0.25, 0.3) is 10.0 Å². The van der Waals surface area contributed by atoms with Gasteiger partial charge in [-0.05, 0) is 43.7 Å². The summed E-state index contributed by atoms with van der Waals surface area (Å²) in [6, 6.07) is 7.22. The van der Waals surface area contributed by atoms with Crippen LogP contribution >= 0.6 is 0 Å². The molecule has 0 spiro atoms. The summed E-state index contributed by atoms with van der Waals surface area (Å²) in [5, 5.41) is 0. The molecule has 0 amide bonds. The molecule has 1 aromatic carbocycles. The van der Waals surface area contributed by atoms with E-state index in [2.05, 4.69) is 4.98 Å². The minimum Gasteiger partial charge on any atom is -0.294 e. The summed E-state index contributed by atoms with van der Waals surface area (Å²) in [5.41, 5.74) is 1.09. The molecule has 0 aliphatic heterocycles. The third-order valence-electron chi connectivity index (χ3n) is 4.57. The number of carbonyl (C=O) groups excluding carboxylic acids is 1. The number of carbonyl (C=O) groups is 1. The number of rotatable bonds is 3. The van der Waals surface area contributed by atoms with Crippen molar-refractivity contribution in [2.45, 2.75) is 24.7 Å². The molecule has 0 saturated heterocycles. The number of halogens is 2. The van der Waals surface area contributed by atoms with Crippen molar-refractivity contribution >= 4 is 15.8 Å². The fourth-order valence-corrected chi connectivity index (χ4v) is 4.78. The molecular weight excluding hydrogens is 374 g/mol. The Kier molecular flexibility index (Phi) is 3.96. The van der Waals surface area contributed by atoms with E-state index < -0.39 is 21.7 Å². The Morgan fingerprint density at radius 1 is 1.04 bits per heavy atom. The molecule has 0 N–H and O–H groups in total. The van der Waals surface area contributed by atoms with Crippen LogP contribution < -0.4 is 0 Å². The number of aromatic nitrogens is 2. The van der Waals surface area contributed by atoms with Gasteiger partial charge in [0.2, 0.25) is 0 Å². The van der Waals surface area contributed by atoms with Crippen LogP contribution in [0.3, 0.4) is 0 Å². The normalized spacial score (nSPS) is 13.8. The highest BCUT2D eigenvalue weighted by atomic mass is 32.2. The highest BCUT2D eigenvalue weighted by Gasteiger charge is 2.33. The van der Waals surface area contributed by atoms with Gasteiger partial charge in [0.1, 0.15) is 16.5 Å². The summed E-state index contributed by atoms with van der Waals surface area (Å²) >= 11 is 0. The van der Waals surface area contributed by atoms with E-state index in [0.29, 0.717) is 17.5 Å². The first kappa shape index (κ1) is 17.5. The van der Waals surface area contributed by atoms with Crippen LogP contribution in [0.15, 0.2) is 47.5 Å². The molecule has 1 aliphatic carbocycles. The lowest BCUT2D eigenvalue weighted by Gasteiger charge is -2.14. The van der Waals surface area contributed by atoms with Crippen molar-refractivity contribution in [3.05, 3.63) is 71.2 Å². The number of Topliss-reactive ketones (excluding diaryl/α,β-unsaturated/α-hetero) is 1. The molecule has 0 atom stereocenters. The summed E-state index contributed by atoms with van der Waals surface area (Å²) in [4.78, 5) is 16.1. The van der Waals surface area contributed by atoms with Crippen molar-refractivity contribution in [2.75, 3.05) is 0 Å². The lowest BCUT2D eigenvalue weighted by atomic mass is 10.1. The summed E-state index contributed by atoms with van der Waals surface area (Å²) in [6.07, 6.45) is 1.65. The Bertz CT molecular complexity index is 1180. The van der Waals surface area contributed by atoms with Crippen molar-refractivity contribution < 1.29 is 22.0 Å². The number of pyridine rings is 1. The van der Waals surface area contributed by atoms with Gasteiger partial charge in [-0.2, -0.15) is 0 Å². The van der Waals surface area contributed by atoms with Gasteiger partial charge < -0.3 is 0 Å². The highest BCUT2D eigenvalue weighted by Crippen LogP contribution is 2.36. The molecule has 2 heterocycles. The fraction of sp³-hybridized carbons (Fsp3) is 0.158. The molecule has 0 unspecified atom stereocenters. The zero-order chi connectivity index (χ0) is 19.3. The number of nitrogens with zero attached hydrogens (tertiary/aromatic N) is 2. The first-order valence-electron chi connectivity index (χ1n) is 8.20. The summed E-state index contributed by atoms with van der Waals surface area (Å²) in [5.74, 6) is -1.88. The highest BCUT2D eigenvalue weighted by molar-refractivity contribution is 7.90. The maximum atomic E-state index is 14.4. The van der Waals surface area contributed by atoms with Crippen molar-refractivity contribution in [3.8, 4) is 11.3 Å². The molecule has 8 heteroatoms.